The molecule has 33 nitrogen and oxygen atoms in total. The molecule has 0 spiro atoms. The fourth-order valence-electron chi connectivity index (χ4n) is 13.9. The number of nitrogen functional groups attached to an aromatic ring is 3. The Bertz CT molecular complexity index is 5570. The van der Waals surface area contributed by atoms with Crippen molar-refractivity contribution in [2.75, 3.05) is 33.2 Å². The molecule has 3 aliphatic rings. The Morgan fingerprint density at radius 2 is 0.833 bits per heavy atom. The number of nitrogens with two attached hydrogens (primary N) is 3. The van der Waals surface area contributed by atoms with Crippen LogP contribution in [0.4, 0.5) is 34.9 Å². The Kier molecular flexibility index (Phi) is 17.7. The summed E-state index contributed by atoms with van der Waals surface area (Å²) in [6.07, 6.45) is 21.1. The lowest BCUT2D eigenvalue weighted by Crippen LogP contribution is -2.26. The van der Waals surface area contributed by atoms with E-state index in [0.717, 1.165) is 105 Å². The van der Waals surface area contributed by atoms with Gasteiger partial charge in [0.2, 0.25) is 17.6 Å². The Hall–Kier alpha value is -13.6. The zero-order valence-electron chi connectivity index (χ0n) is 60.4. The molecule has 3 aliphatic carbocycles. The van der Waals surface area contributed by atoms with E-state index >= 15 is 0 Å². The summed E-state index contributed by atoms with van der Waals surface area (Å²) in [5.74, 6) is 4.14. The van der Waals surface area contributed by atoms with Gasteiger partial charge in [-0.15, -0.1) is 10.2 Å². The second-order valence-electron chi connectivity index (χ2n) is 27.4. The van der Waals surface area contributed by atoms with Gasteiger partial charge in [-0.05, 0) is 117 Å². The van der Waals surface area contributed by atoms with Gasteiger partial charge in [0, 0.05) is 105 Å². The summed E-state index contributed by atoms with van der Waals surface area (Å²) in [7, 11) is 5.60. The van der Waals surface area contributed by atoms with Gasteiger partial charge in [0.1, 0.15) is 70.6 Å². The second kappa shape index (κ2) is 27.8. The van der Waals surface area contributed by atoms with Crippen LogP contribution in [-0.2, 0) is 21.1 Å². The van der Waals surface area contributed by atoms with Crippen LogP contribution in [0.15, 0.2) is 157 Å². The molecule has 3 saturated carbocycles. The molecule has 0 radical (unpaired) electrons. The van der Waals surface area contributed by atoms with Gasteiger partial charge in [0.25, 0.3) is 28.5 Å². The number of hydrogen-bond donors (Lipinski definition) is 6. The van der Waals surface area contributed by atoms with E-state index in [1.807, 2.05) is 129 Å². The Morgan fingerprint density at radius 3 is 1.16 bits per heavy atom. The number of nitrogens with zero attached hydrogens (tertiary/aromatic N) is 21. The highest BCUT2D eigenvalue weighted by atomic mass is 16.5. The van der Waals surface area contributed by atoms with Crippen molar-refractivity contribution in [1.82, 2.24) is 103 Å². The molecule has 3 atom stereocenters. The predicted octanol–water partition coefficient (Wildman–Crippen LogP) is 10.9. The number of aryl methyl sites for hydroxylation is 6. The van der Waals surface area contributed by atoms with Crippen molar-refractivity contribution in [3.63, 3.8) is 0 Å². The van der Waals surface area contributed by atoms with Crippen LogP contribution in [0.3, 0.4) is 0 Å². The molecule has 3 fully saturated rings. The molecule has 0 saturated heterocycles. The molecular formula is C75H75N27O6. The van der Waals surface area contributed by atoms with Crippen LogP contribution < -0.4 is 49.8 Å². The van der Waals surface area contributed by atoms with Crippen molar-refractivity contribution in [1.29, 1.82) is 0 Å². The molecular weight excluding hydrogens is 1380 g/mol. The third-order valence-corrected chi connectivity index (χ3v) is 19.4. The molecule has 546 valence electrons. The summed E-state index contributed by atoms with van der Waals surface area (Å²) in [5.41, 5.74) is 27.8. The van der Waals surface area contributed by atoms with Gasteiger partial charge < -0.3 is 60.3 Å². The average Bonchev–Trinajstić information content (AvgIpc) is 1.36. The quantitative estimate of drug-likeness (QED) is 0.0465. The lowest BCUT2D eigenvalue weighted by Gasteiger charge is -2.22. The summed E-state index contributed by atoms with van der Waals surface area (Å²) in [6.45, 7) is 11.1. The number of anilines is 6. The third-order valence-electron chi connectivity index (χ3n) is 19.4. The third kappa shape index (κ3) is 13.2. The maximum Gasteiger partial charge on any atom is 0.265 e. The summed E-state index contributed by atoms with van der Waals surface area (Å²) in [6, 6.07) is 23.6. The number of fused-ring (bicyclic) bond motifs is 3. The summed E-state index contributed by atoms with van der Waals surface area (Å²) < 4.78 is 27.1. The minimum atomic E-state index is -0.276. The minimum Gasteiger partial charge on any atom is -0.421 e. The minimum absolute atomic E-state index is 0.00526. The van der Waals surface area contributed by atoms with E-state index in [9.17, 15) is 14.4 Å². The number of hydrogen-bond acceptors (Lipinski definition) is 27. The summed E-state index contributed by atoms with van der Waals surface area (Å²) in [5, 5.41) is 43.7. The molecule has 18 rings (SSSR count). The van der Waals surface area contributed by atoms with Crippen molar-refractivity contribution < 1.29 is 13.5 Å². The SMILES string of the molecule is Cc1nc(-c2c(N)ncnc2N[C@@H](C)c2cc3cccc(-c4cnn(C)c4)c3c(=O)n2C2CC2)no1.Cc1nnc(-c2c(N)ncnc2N[C@@H](C)c2cc3cccc(-c4cnn(C)c4)c3c(=O)n2C2CC2)o1.Cc1noc(-c2c(N)ncnc2N[C@@H](C)c2cc3cccc(-c4cnn(C)c4)c3c(=O)n2C2CC2)n1. The molecule has 15 aromatic rings. The maximum atomic E-state index is 14.0. The van der Waals surface area contributed by atoms with Crippen molar-refractivity contribution in [2.45, 2.75) is 116 Å². The smallest absolute Gasteiger partial charge is 0.265 e. The van der Waals surface area contributed by atoms with Crippen LogP contribution in [-0.4, -0.2) is 103 Å². The van der Waals surface area contributed by atoms with Crippen LogP contribution >= 0.6 is 0 Å². The fraction of sp³-hybridized carbons (Fsp3) is 0.280. The molecule has 9 N–H and O–H groups in total. The van der Waals surface area contributed by atoms with Crippen LogP contribution in [0, 0.1) is 20.8 Å². The van der Waals surface area contributed by atoms with Gasteiger partial charge in [-0.1, -0.05) is 64.9 Å². The highest BCUT2D eigenvalue weighted by Crippen LogP contribution is 2.44. The first-order chi connectivity index (χ1) is 52.2. The first-order valence-corrected chi connectivity index (χ1v) is 35.3. The second-order valence-corrected chi connectivity index (χ2v) is 27.4. The molecule has 12 aromatic heterocycles. The standard InChI is InChI=1S/3C25H25N9O2/c1-13(30-23-21(22(26)27-12-28-23)24-32-31-14(2)36-24)19-9-15-5-4-6-18(16-10-29-33(3)11-16)20(15)25(35)34(19)17-7-8-17;1-13(30-23-21(22(26)27-12-28-23)24-31-14(2)36-32-24)19-9-15-5-4-6-18(16-10-29-33(3)11-16)20(15)25(35)34(19)17-7-8-17;1-13(30-23-21(22(26)27-12-28-23)24-31-14(2)32-36-24)19-9-15-5-4-6-18(16-10-29-33(3)11-16)20(15)25(35)34(19)17-7-8-17/h3*4-6,9-13,17H,7-8H2,1-3H3,(H3,26,27,28,30)/t3*13-/m000/s1. The molecule has 0 aliphatic heterocycles. The molecule has 0 unspecified atom stereocenters. The van der Waals surface area contributed by atoms with Crippen LogP contribution in [0.2, 0.25) is 0 Å². The molecule has 0 amide bonds. The van der Waals surface area contributed by atoms with Gasteiger partial charge in [-0.25, -0.2) is 29.9 Å². The van der Waals surface area contributed by atoms with Crippen molar-refractivity contribution in [3.8, 4) is 67.7 Å². The van der Waals surface area contributed by atoms with E-state index in [-0.39, 0.29) is 82.2 Å². The first-order valence-electron chi connectivity index (χ1n) is 35.3. The number of nitrogens with one attached hydrogen (secondary N) is 3. The highest BCUT2D eigenvalue weighted by Gasteiger charge is 2.35. The predicted molar refractivity (Wildman–Crippen MR) is 406 cm³/mol. The zero-order valence-corrected chi connectivity index (χ0v) is 60.4. The molecule has 12 heterocycles. The van der Waals surface area contributed by atoms with Gasteiger partial charge in [0.05, 0.1) is 52.9 Å². The van der Waals surface area contributed by atoms with Gasteiger partial charge in [0.15, 0.2) is 5.82 Å². The monoisotopic (exact) mass is 1450 g/mol. The number of rotatable bonds is 18. The summed E-state index contributed by atoms with van der Waals surface area (Å²) >= 11 is 0. The van der Waals surface area contributed by atoms with Crippen molar-refractivity contribution in [2.24, 2.45) is 21.1 Å². The van der Waals surface area contributed by atoms with E-state index in [1.165, 1.54) is 19.0 Å². The lowest BCUT2D eigenvalue weighted by atomic mass is 10.00. The Balaban J connectivity index is 0.000000124. The highest BCUT2D eigenvalue weighted by molar-refractivity contribution is 5.98. The van der Waals surface area contributed by atoms with Crippen LogP contribution in [0.5, 0.6) is 0 Å². The van der Waals surface area contributed by atoms with Crippen LogP contribution in [0.25, 0.3) is 100.0 Å². The number of aromatic nitrogens is 21. The van der Waals surface area contributed by atoms with Gasteiger partial charge in [-0.3, -0.25) is 28.4 Å². The average molecular weight is 1450 g/mol. The van der Waals surface area contributed by atoms with Gasteiger partial charge >= 0.3 is 0 Å². The number of pyridine rings is 3. The Morgan fingerprint density at radius 1 is 0.454 bits per heavy atom. The van der Waals surface area contributed by atoms with E-state index in [1.54, 1.807) is 53.4 Å². The van der Waals surface area contributed by atoms with Gasteiger partial charge in [-0.2, -0.15) is 25.3 Å². The lowest BCUT2D eigenvalue weighted by molar-refractivity contribution is 0.394. The van der Waals surface area contributed by atoms with Crippen LogP contribution in [0.1, 0.15) is 130 Å². The molecule has 3 aromatic carbocycles. The van der Waals surface area contributed by atoms with E-state index < -0.39 is 0 Å². The van der Waals surface area contributed by atoms with E-state index in [0.29, 0.717) is 73.7 Å². The van der Waals surface area contributed by atoms with E-state index in [4.69, 9.17) is 30.7 Å². The first kappa shape index (κ1) is 68.8. The largest absolute Gasteiger partial charge is 0.421 e. The zero-order chi connectivity index (χ0) is 74.9. The Labute approximate surface area is 614 Å². The van der Waals surface area contributed by atoms with Crippen molar-refractivity contribution >= 4 is 67.2 Å². The molecule has 108 heavy (non-hydrogen) atoms. The topological polar surface area (TPSA) is 428 Å². The van der Waals surface area contributed by atoms with E-state index in [2.05, 4.69) is 110 Å². The maximum absolute atomic E-state index is 14.0. The van der Waals surface area contributed by atoms with Crippen molar-refractivity contribution in [3.05, 3.63) is 195 Å². The molecule has 33 heteroatoms. The number of benzene rings is 3. The summed E-state index contributed by atoms with van der Waals surface area (Å²) in [4.78, 5) is 76.0. The normalized spacial score (nSPS) is 14.3. The molecule has 0 bridgehead atoms. The fourth-order valence-corrected chi connectivity index (χ4v) is 13.9.